The largest absolute Gasteiger partial charge is 0.376 e. The number of hydrogen-bond donors (Lipinski definition) is 1. The molecule has 150 valence electrons. The molecule has 2 aromatic carbocycles. The van der Waals surface area contributed by atoms with Crippen LogP contribution in [0.3, 0.4) is 0 Å². The first-order chi connectivity index (χ1) is 14.1. The van der Waals surface area contributed by atoms with Crippen molar-refractivity contribution < 1.29 is 9.53 Å². The van der Waals surface area contributed by atoms with Gasteiger partial charge < -0.3 is 10.1 Å². The molecule has 0 radical (unpaired) electrons. The van der Waals surface area contributed by atoms with Gasteiger partial charge in [0.05, 0.1) is 24.4 Å². The molecule has 0 saturated heterocycles. The summed E-state index contributed by atoms with van der Waals surface area (Å²) in [5.41, 5.74) is 3.83. The number of ether oxygens (including phenoxy) is 1. The van der Waals surface area contributed by atoms with E-state index in [1.807, 2.05) is 54.6 Å². The lowest BCUT2D eigenvalue weighted by Gasteiger charge is -2.08. The van der Waals surface area contributed by atoms with Crippen LogP contribution < -0.4 is 5.32 Å². The Bertz CT molecular complexity index is 997. The molecule has 1 N–H and O–H groups in total. The lowest BCUT2D eigenvalue weighted by molar-refractivity contribution is 0.102. The summed E-state index contributed by atoms with van der Waals surface area (Å²) in [6.07, 6.45) is 2.54. The third-order valence-electron chi connectivity index (χ3n) is 4.97. The Hall–Kier alpha value is -2.63. The SMILES string of the molecule is Cc1nn(Cc2ccccc2)c(Cl)c1C(=O)Nc1cccc(COCC2CC2)c1. The molecule has 0 bridgehead atoms. The van der Waals surface area contributed by atoms with Crippen molar-refractivity contribution >= 4 is 23.2 Å². The number of aromatic nitrogens is 2. The number of rotatable bonds is 8. The molecule has 1 aliphatic rings. The lowest BCUT2D eigenvalue weighted by Crippen LogP contribution is -2.13. The first kappa shape index (κ1) is 19.7. The highest BCUT2D eigenvalue weighted by Gasteiger charge is 2.22. The molecule has 1 aliphatic carbocycles. The van der Waals surface area contributed by atoms with E-state index in [0.29, 0.717) is 35.2 Å². The van der Waals surface area contributed by atoms with E-state index in [1.54, 1.807) is 11.6 Å². The minimum absolute atomic E-state index is 0.261. The van der Waals surface area contributed by atoms with Gasteiger partial charge in [-0.15, -0.1) is 0 Å². The van der Waals surface area contributed by atoms with Gasteiger partial charge in [0.25, 0.3) is 5.91 Å². The van der Waals surface area contributed by atoms with Crippen molar-refractivity contribution in [2.45, 2.75) is 32.9 Å². The highest BCUT2D eigenvalue weighted by Crippen LogP contribution is 2.29. The zero-order chi connectivity index (χ0) is 20.2. The maximum absolute atomic E-state index is 12.9. The molecule has 0 atom stereocenters. The van der Waals surface area contributed by atoms with Crippen molar-refractivity contribution in [1.82, 2.24) is 9.78 Å². The second kappa shape index (κ2) is 8.80. The van der Waals surface area contributed by atoms with Crippen LogP contribution in [0.2, 0.25) is 5.15 Å². The van der Waals surface area contributed by atoms with Crippen molar-refractivity contribution in [2.75, 3.05) is 11.9 Å². The van der Waals surface area contributed by atoms with Crippen LogP contribution in [0.5, 0.6) is 0 Å². The Morgan fingerprint density at radius 2 is 1.93 bits per heavy atom. The second-order valence-corrected chi connectivity index (χ2v) is 7.87. The van der Waals surface area contributed by atoms with Gasteiger partial charge in [-0.25, -0.2) is 4.68 Å². The quantitative estimate of drug-likeness (QED) is 0.565. The molecule has 0 aliphatic heterocycles. The Balaban J connectivity index is 1.44. The van der Waals surface area contributed by atoms with E-state index in [2.05, 4.69) is 10.4 Å². The number of anilines is 1. The summed E-state index contributed by atoms with van der Waals surface area (Å²) in [5.74, 6) is 0.471. The van der Waals surface area contributed by atoms with Crippen LogP contribution in [-0.2, 0) is 17.9 Å². The Labute approximate surface area is 175 Å². The molecule has 29 heavy (non-hydrogen) atoms. The number of nitrogens with zero attached hydrogens (tertiary/aromatic N) is 2. The molecule has 4 rings (SSSR count). The molecule has 1 amide bonds. The summed E-state index contributed by atoms with van der Waals surface area (Å²) in [5, 5.41) is 7.73. The number of halogens is 1. The summed E-state index contributed by atoms with van der Waals surface area (Å²) in [7, 11) is 0. The van der Waals surface area contributed by atoms with Crippen LogP contribution in [-0.4, -0.2) is 22.3 Å². The number of carbonyl (C=O) groups is 1. The smallest absolute Gasteiger partial charge is 0.260 e. The lowest BCUT2D eigenvalue weighted by atomic mass is 10.2. The molecule has 0 unspecified atom stereocenters. The van der Waals surface area contributed by atoms with E-state index < -0.39 is 0 Å². The predicted molar refractivity (Wildman–Crippen MR) is 114 cm³/mol. The van der Waals surface area contributed by atoms with E-state index in [1.165, 1.54) is 12.8 Å². The van der Waals surface area contributed by atoms with E-state index in [0.717, 1.165) is 23.7 Å². The average Bonchev–Trinajstić information content (AvgIpc) is 3.48. The van der Waals surface area contributed by atoms with Gasteiger partial charge in [0.1, 0.15) is 5.15 Å². The minimum atomic E-state index is -0.261. The van der Waals surface area contributed by atoms with Crippen LogP contribution in [0, 0.1) is 12.8 Å². The molecule has 0 spiro atoms. The zero-order valence-electron chi connectivity index (χ0n) is 16.4. The maximum Gasteiger partial charge on any atom is 0.260 e. The topological polar surface area (TPSA) is 56.2 Å². The standard InChI is InChI=1S/C23H24ClN3O2/c1-16-21(22(24)27(26-16)13-17-6-3-2-4-7-17)23(28)25-20-9-5-8-19(12-20)15-29-14-18-10-11-18/h2-9,12,18H,10-11,13-15H2,1H3,(H,25,28). The van der Waals surface area contributed by atoms with Gasteiger partial charge in [0.15, 0.2) is 0 Å². The molecule has 1 heterocycles. The number of aryl methyl sites for hydroxylation is 1. The number of hydrogen-bond acceptors (Lipinski definition) is 3. The number of carbonyl (C=O) groups excluding carboxylic acids is 1. The maximum atomic E-state index is 12.9. The van der Waals surface area contributed by atoms with E-state index in [9.17, 15) is 4.79 Å². The zero-order valence-corrected chi connectivity index (χ0v) is 17.2. The van der Waals surface area contributed by atoms with Crippen molar-refractivity contribution in [3.8, 4) is 0 Å². The van der Waals surface area contributed by atoms with Crippen LogP contribution >= 0.6 is 11.6 Å². The summed E-state index contributed by atoms with van der Waals surface area (Å²) in [6, 6.07) is 17.6. The molecule has 5 nitrogen and oxygen atoms in total. The third-order valence-corrected chi connectivity index (χ3v) is 5.36. The van der Waals surface area contributed by atoms with Gasteiger partial charge in [0.2, 0.25) is 0 Å². The second-order valence-electron chi connectivity index (χ2n) is 7.51. The fraction of sp³-hybridized carbons (Fsp3) is 0.304. The van der Waals surface area contributed by atoms with Crippen molar-refractivity contribution in [1.29, 1.82) is 0 Å². The Morgan fingerprint density at radius 1 is 1.17 bits per heavy atom. The Morgan fingerprint density at radius 3 is 2.69 bits per heavy atom. The first-order valence-electron chi connectivity index (χ1n) is 9.85. The third kappa shape index (κ3) is 5.05. The first-order valence-corrected chi connectivity index (χ1v) is 10.2. The highest BCUT2D eigenvalue weighted by molar-refractivity contribution is 6.33. The summed E-state index contributed by atoms with van der Waals surface area (Å²) in [4.78, 5) is 12.9. The molecular formula is C23H24ClN3O2. The fourth-order valence-corrected chi connectivity index (χ4v) is 3.55. The van der Waals surface area contributed by atoms with Gasteiger partial charge in [0, 0.05) is 12.3 Å². The number of nitrogens with one attached hydrogen (secondary N) is 1. The van der Waals surface area contributed by atoms with Crippen molar-refractivity contribution in [3.63, 3.8) is 0 Å². The van der Waals surface area contributed by atoms with Crippen LogP contribution in [0.1, 0.15) is 40.0 Å². The van der Waals surface area contributed by atoms with Crippen LogP contribution in [0.15, 0.2) is 54.6 Å². The minimum Gasteiger partial charge on any atom is -0.376 e. The van der Waals surface area contributed by atoms with Gasteiger partial charge in [-0.1, -0.05) is 54.1 Å². The highest BCUT2D eigenvalue weighted by atomic mass is 35.5. The normalized spacial score (nSPS) is 13.4. The van der Waals surface area contributed by atoms with Gasteiger partial charge in [-0.3, -0.25) is 4.79 Å². The predicted octanol–water partition coefficient (Wildman–Crippen LogP) is 5.07. The van der Waals surface area contributed by atoms with E-state index in [-0.39, 0.29) is 5.91 Å². The molecule has 3 aromatic rings. The van der Waals surface area contributed by atoms with Crippen LogP contribution in [0.25, 0.3) is 0 Å². The molecule has 1 aromatic heterocycles. The fourth-order valence-electron chi connectivity index (χ4n) is 3.23. The molecule has 1 fully saturated rings. The number of amides is 1. The summed E-state index contributed by atoms with van der Waals surface area (Å²) < 4.78 is 7.40. The van der Waals surface area contributed by atoms with Crippen molar-refractivity contribution in [2.24, 2.45) is 5.92 Å². The summed E-state index contributed by atoms with van der Waals surface area (Å²) >= 11 is 6.50. The van der Waals surface area contributed by atoms with Gasteiger partial charge >= 0.3 is 0 Å². The van der Waals surface area contributed by atoms with Gasteiger partial charge in [-0.2, -0.15) is 5.10 Å². The van der Waals surface area contributed by atoms with Crippen LogP contribution in [0.4, 0.5) is 5.69 Å². The van der Waals surface area contributed by atoms with E-state index in [4.69, 9.17) is 16.3 Å². The molecular weight excluding hydrogens is 386 g/mol. The monoisotopic (exact) mass is 409 g/mol. The van der Waals surface area contributed by atoms with Crippen molar-refractivity contribution in [3.05, 3.63) is 82.1 Å². The molecule has 6 heteroatoms. The number of benzene rings is 2. The van der Waals surface area contributed by atoms with Gasteiger partial charge in [-0.05, 0) is 48.9 Å². The Kier molecular flexibility index (Phi) is 5.97. The average molecular weight is 410 g/mol. The summed E-state index contributed by atoms with van der Waals surface area (Å²) in [6.45, 7) is 3.67. The van der Waals surface area contributed by atoms with E-state index >= 15 is 0 Å². The molecule has 1 saturated carbocycles.